The second-order valence-electron chi connectivity index (χ2n) is 3.20. The summed E-state index contributed by atoms with van der Waals surface area (Å²) < 4.78 is 5.76. The lowest BCUT2D eigenvalue weighted by Gasteiger charge is -2.48. The fraction of sp³-hybridized carbons (Fsp3) is 1.00. The first-order valence-corrected chi connectivity index (χ1v) is 5.78. The molecule has 72 valence electrons. The zero-order valence-corrected chi connectivity index (χ0v) is 9.58. The fourth-order valence-corrected chi connectivity index (χ4v) is 2.26. The Labute approximate surface area is 87.2 Å². The third kappa shape index (κ3) is 2.31. The predicted octanol–water partition coefficient (Wildman–Crippen LogP) is 0.852. The van der Waals surface area contributed by atoms with Crippen molar-refractivity contribution in [3.8, 4) is 0 Å². The van der Waals surface area contributed by atoms with Crippen LogP contribution in [0.2, 0.25) is 0 Å². The van der Waals surface area contributed by atoms with E-state index >= 15 is 0 Å². The van der Waals surface area contributed by atoms with Crippen LogP contribution in [-0.4, -0.2) is 47.0 Å². The smallest absolute Gasteiger partial charge is 0.128 e. The molecule has 0 spiro atoms. The molecule has 0 amide bonds. The Morgan fingerprint density at radius 1 is 1.67 bits per heavy atom. The fourth-order valence-electron chi connectivity index (χ4n) is 1.40. The number of aliphatic hydroxyl groups is 1. The van der Waals surface area contributed by atoms with E-state index in [0.29, 0.717) is 0 Å². The Morgan fingerprint density at radius 2 is 2.42 bits per heavy atom. The number of rotatable bonds is 5. The predicted molar refractivity (Wildman–Crippen MR) is 56.5 cm³/mol. The molecule has 12 heavy (non-hydrogen) atoms. The molecule has 0 radical (unpaired) electrons. The van der Waals surface area contributed by atoms with Crippen molar-refractivity contribution < 1.29 is 9.84 Å². The van der Waals surface area contributed by atoms with E-state index in [0.717, 1.165) is 37.0 Å². The first-order valence-electron chi connectivity index (χ1n) is 4.25. The summed E-state index contributed by atoms with van der Waals surface area (Å²) in [6.45, 7) is 2.77. The number of alkyl halides is 1. The molecule has 0 aromatic heterocycles. The molecule has 0 aromatic rings. The van der Waals surface area contributed by atoms with Crippen LogP contribution in [0.5, 0.6) is 0 Å². The normalized spacial score (nSPS) is 30.2. The lowest BCUT2D eigenvalue weighted by Crippen LogP contribution is -2.61. The van der Waals surface area contributed by atoms with Gasteiger partial charge in [-0.3, -0.25) is 4.90 Å². The molecule has 1 fully saturated rings. The molecular formula is C8H16INO2. The topological polar surface area (TPSA) is 32.7 Å². The van der Waals surface area contributed by atoms with Crippen molar-refractivity contribution in [1.82, 2.24) is 4.90 Å². The maximum Gasteiger partial charge on any atom is 0.128 e. The van der Waals surface area contributed by atoms with Gasteiger partial charge >= 0.3 is 0 Å². The molecule has 1 unspecified atom stereocenters. The molecule has 1 N–H and O–H groups in total. The van der Waals surface area contributed by atoms with Crippen molar-refractivity contribution in [2.24, 2.45) is 0 Å². The molecule has 3 nitrogen and oxygen atoms in total. The van der Waals surface area contributed by atoms with Crippen LogP contribution in [-0.2, 0) is 4.74 Å². The van der Waals surface area contributed by atoms with E-state index in [9.17, 15) is 5.11 Å². The van der Waals surface area contributed by atoms with Crippen LogP contribution in [0.4, 0.5) is 0 Å². The number of halogens is 1. The van der Waals surface area contributed by atoms with Gasteiger partial charge in [-0.15, -0.1) is 0 Å². The molecule has 0 saturated carbocycles. The van der Waals surface area contributed by atoms with Gasteiger partial charge in [0.25, 0.3) is 0 Å². The third-order valence-electron chi connectivity index (χ3n) is 2.36. The molecule has 1 heterocycles. The van der Waals surface area contributed by atoms with Gasteiger partial charge < -0.3 is 9.84 Å². The van der Waals surface area contributed by atoms with Crippen molar-refractivity contribution in [2.45, 2.75) is 18.6 Å². The Hall–Kier alpha value is 0.610. The number of hydrogen-bond acceptors (Lipinski definition) is 3. The van der Waals surface area contributed by atoms with Gasteiger partial charge in [-0.05, 0) is 6.42 Å². The van der Waals surface area contributed by atoms with Gasteiger partial charge in [0.1, 0.15) is 5.72 Å². The number of nitrogens with zero attached hydrogens (tertiary/aromatic N) is 1. The van der Waals surface area contributed by atoms with Crippen LogP contribution in [0.3, 0.4) is 0 Å². The highest BCUT2D eigenvalue weighted by molar-refractivity contribution is 14.1. The minimum atomic E-state index is -0.506. The average molecular weight is 285 g/mol. The number of likely N-dealkylation sites (tertiary alicyclic amines) is 1. The zero-order valence-electron chi connectivity index (χ0n) is 7.42. The monoisotopic (exact) mass is 285 g/mol. The van der Waals surface area contributed by atoms with Gasteiger partial charge in [0.2, 0.25) is 0 Å². The molecule has 0 bridgehead atoms. The van der Waals surface area contributed by atoms with Crippen LogP contribution in [0.1, 0.15) is 12.8 Å². The lowest BCUT2D eigenvalue weighted by molar-refractivity contribution is -0.161. The Morgan fingerprint density at radius 3 is 2.83 bits per heavy atom. The molecular weight excluding hydrogens is 269 g/mol. The number of ether oxygens (including phenoxy) is 1. The van der Waals surface area contributed by atoms with Crippen LogP contribution in [0.25, 0.3) is 0 Å². The van der Waals surface area contributed by atoms with Crippen molar-refractivity contribution in [3.05, 3.63) is 0 Å². The molecule has 1 atom stereocenters. The quantitative estimate of drug-likeness (QED) is 0.462. The van der Waals surface area contributed by atoms with E-state index in [4.69, 9.17) is 4.74 Å². The van der Waals surface area contributed by atoms with Crippen LogP contribution < -0.4 is 0 Å². The summed E-state index contributed by atoms with van der Waals surface area (Å²) in [6, 6.07) is 0. The van der Waals surface area contributed by atoms with Crippen LogP contribution in [0.15, 0.2) is 0 Å². The molecule has 0 aliphatic carbocycles. The molecule has 4 heteroatoms. The second kappa shape index (κ2) is 4.74. The van der Waals surface area contributed by atoms with Crippen molar-refractivity contribution >= 4 is 22.6 Å². The molecule has 0 aromatic carbocycles. The van der Waals surface area contributed by atoms with E-state index in [-0.39, 0.29) is 0 Å². The van der Waals surface area contributed by atoms with Crippen molar-refractivity contribution in [1.29, 1.82) is 0 Å². The first kappa shape index (κ1) is 10.7. The Kier molecular flexibility index (Phi) is 4.22. The lowest BCUT2D eigenvalue weighted by atomic mass is 10.0. The standard InChI is InChI=1S/C8H16INO2/c1-12-6-2-4-10-5-3-8(10,11)7-9/h11H,2-7H2,1H3. The Bertz CT molecular complexity index is 141. The summed E-state index contributed by atoms with van der Waals surface area (Å²) >= 11 is 2.23. The summed E-state index contributed by atoms with van der Waals surface area (Å²) in [5.74, 6) is 0. The minimum absolute atomic E-state index is 0.506. The summed E-state index contributed by atoms with van der Waals surface area (Å²) in [4.78, 5) is 2.12. The highest BCUT2D eigenvalue weighted by atomic mass is 127. The molecule has 1 aliphatic heterocycles. The molecule has 1 rings (SSSR count). The van der Waals surface area contributed by atoms with Crippen molar-refractivity contribution in [3.63, 3.8) is 0 Å². The number of methoxy groups -OCH3 is 1. The largest absolute Gasteiger partial charge is 0.385 e. The van der Waals surface area contributed by atoms with E-state index in [1.165, 1.54) is 0 Å². The summed E-state index contributed by atoms with van der Waals surface area (Å²) in [5, 5.41) is 9.86. The first-order chi connectivity index (χ1) is 5.73. The van der Waals surface area contributed by atoms with E-state index in [2.05, 4.69) is 27.5 Å². The molecule has 1 aliphatic rings. The van der Waals surface area contributed by atoms with Gasteiger partial charge in [0, 0.05) is 37.7 Å². The maximum atomic E-state index is 9.86. The minimum Gasteiger partial charge on any atom is -0.385 e. The van der Waals surface area contributed by atoms with E-state index < -0.39 is 5.72 Å². The van der Waals surface area contributed by atoms with Crippen LogP contribution >= 0.6 is 22.6 Å². The SMILES string of the molecule is COCCCN1CCC1(O)CI. The summed E-state index contributed by atoms with van der Waals surface area (Å²) in [6.07, 6.45) is 1.93. The van der Waals surface area contributed by atoms with E-state index in [1.807, 2.05) is 0 Å². The summed E-state index contributed by atoms with van der Waals surface area (Å²) in [7, 11) is 1.71. The summed E-state index contributed by atoms with van der Waals surface area (Å²) in [5.41, 5.74) is -0.506. The Balaban J connectivity index is 2.16. The average Bonchev–Trinajstić information content (AvgIpc) is 2.09. The highest BCUT2D eigenvalue weighted by Gasteiger charge is 2.41. The van der Waals surface area contributed by atoms with Gasteiger partial charge in [-0.2, -0.15) is 0 Å². The number of hydrogen-bond donors (Lipinski definition) is 1. The third-order valence-corrected chi connectivity index (χ3v) is 3.58. The van der Waals surface area contributed by atoms with Gasteiger partial charge in [0.05, 0.1) is 0 Å². The van der Waals surface area contributed by atoms with Gasteiger partial charge in [-0.1, -0.05) is 22.6 Å². The highest BCUT2D eigenvalue weighted by Crippen LogP contribution is 2.29. The van der Waals surface area contributed by atoms with Gasteiger partial charge in [-0.25, -0.2) is 0 Å². The molecule has 1 saturated heterocycles. The van der Waals surface area contributed by atoms with Gasteiger partial charge in [0.15, 0.2) is 0 Å². The zero-order chi connectivity index (χ0) is 9.03. The van der Waals surface area contributed by atoms with Crippen molar-refractivity contribution in [2.75, 3.05) is 31.2 Å². The van der Waals surface area contributed by atoms with E-state index in [1.54, 1.807) is 7.11 Å². The van der Waals surface area contributed by atoms with Crippen LogP contribution in [0, 0.1) is 0 Å². The second-order valence-corrected chi connectivity index (χ2v) is 3.96. The maximum absolute atomic E-state index is 9.86.